The van der Waals surface area contributed by atoms with Crippen LogP contribution >= 0.6 is 0 Å². The summed E-state index contributed by atoms with van der Waals surface area (Å²) in [5.74, 6) is -0.272. The molecule has 5 nitrogen and oxygen atoms in total. The lowest BCUT2D eigenvalue weighted by Crippen LogP contribution is -2.43. The smallest absolute Gasteiger partial charge is 0.235 e. The predicted octanol–water partition coefficient (Wildman–Crippen LogP) is -0.207. The summed E-state index contributed by atoms with van der Waals surface area (Å²) in [6, 6.07) is -0.201. The molecule has 1 N–H and O–H groups in total. The maximum Gasteiger partial charge on any atom is 0.235 e. The average Bonchev–Trinajstić information content (AvgIpc) is 1.98. The Bertz CT molecular complexity index is 285. The highest BCUT2D eigenvalue weighted by molar-refractivity contribution is 7.88. The molecule has 0 saturated carbocycles. The van der Waals surface area contributed by atoms with Crippen LogP contribution in [0, 0.1) is 0 Å². The van der Waals surface area contributed by atoms with Gasteiger partial charge in [0.1, 0.15) is 0 Å². The summed E-state index contributed by atoms with van der Waals surface area (Å²) in [6.45, 7) is 5.66. The monoisotopic (exact) mass is 222 g/mol. The fraction of sp³-hybridized carbons (Fsp3) is 0.875. The van der Waals surface area contributed by atoms with E-state index in [1.165, 1.54) is 0 Å². The zero-order chi connectivity index (χ0) is 11.4. The summed E-state index contributed by atoms with van der Waals surface area (Å²) in [7, 11) is -3.31. The standard InChI is InChI=1S/C8H18N2O3S/c1-5-9-8(11)6-10(7(2)3)14(4,12)13/h7H,5-6H2,1-4H3,(H,9,11). The van der Waals surface area contributed by atoms with Gasteiger partial charge in [-0.05, 0) is 20.8 Å². The highest BCUT2D eigenvalue weighted by Crippen LogP contribution is 2.03. The molecule has 0 unspecified atom stereocenters. The third-order valence-electron chi connectivity index (χ3n) is 1.68. The number of rotatable bonds is 5. The van der Waals surface area contributed by atoms with Gasteiger partial charge in [-0.2, -0.15) is 4.31 Å². The van der Waals surface area contributed by atoms with E-state index in [2.05, 4.69) is 5.32 Å². The Labute approximate surface area is 85.5 Å². The Morgan fingerprint density at radius 1 is 1.43 bits per heavy atom. The first-order chi connectivity index (χ1) is 6.29. The third kappa shape index (κ3) is 4.57. The van der Waals surface area contributed by atoms with Crippen LogP contribution in [0.1, 0.15) is 20.8 Å². The number of nitrogens with zero attached hydrogens (tertiary/aromatic N) is 1. The summed E-state index contributed by atoms with van der Waals surface area (Å²) in [5.41, 5.74) is 0. The van der Waals surface area contributed by atoms with Crippen LogP contribution in [0.5, 0.6) is 0 Å². The molecule has 84 valence electrons. The molecule has 0 aliphatic heterocycles. The van der Waals surface area contributed by atoms with Crippen LogP contribution in [0.25, 0.3) is 0 Å². The molecule has 0 aromatic heterocycles. The molecule has 14 heavy (non-hydrogen) atoms. The van der Waals surface area contributed by atoms with E-state index >= 15 is 0 Å². The summed E-state index contributed by atoms with van der Waals surface area (Å²) >= 11 is 0. The summed E-state index contributed by atoms with van der Waals surface area (Å²) in [6.07, 6.45) is 1.10. The molecule has 0 fully saturated rings. The molecule has 0 heterocycles. The molecule has 6 heteroatoms. The van der Waals surface area contributed by atoms with Crippen LogP contribution in [0.15, 0.2) is 0 Å². The fourth-order valence-corrected chi connectivity index (χ4v) is 2.20. The lowest BCUT2D eigenvalue weighted by Gasteiger charge is -2.22. The zero-order valence-corrected chi connectivity index (χ0v) is 9.89. The van der Waals surface area contributed by atoms with Gasteiger partial charge in [0.25, 0.3) is 0 Å². The Kier molecular flexibility index (Phi) is 5.07. The van der Waals surface area contributed by atoms with Crippen molar-refractivity contribution in [1.29, 1.82) is 0 Å². The second kappa shape index (κ2) is 5.31. The van der Waals surface area contributed by atoms with E-state index in [0.29, 0.717) is 6.54 Å². The topological polar surface area (TPSA) is 66.5 Å². The molecule has 0 spiro atoms. The fourth-order valence-electron chi connectivity index (χ4n) is 1.08. The van der Waals surface area contributed by atoms with Crippen LogP contribution in [0.2, 0.25) is 0 Å². The molecule has 0 aromatic carbocycles. The summed E-state index contributed by atoms with van der Waals surface area (Å²) < 4.78 is 23.7. The largest absolute Gasteiger partial charge is 0.355 e. The molecule has 0 aliphatic carbocycles. The molecular weight excluding hydrogens is 204 g/mol. The first-order valence-corrected chi connectivity index (χ1v) is 6.37. The maximum atomic E-state index is 11.3. The average molecular weight is 222 g/mol. The number of likely N-dealkylation sites (N-methyl/N-ethyl adjacent to an activating group) is 1. The van der Waals surface area contributed by atoms with E-state index in [9.17, 15) is 13.2 Å². The van der Waals surface area contributed by atoms with Crippen LogP contribution in [0.3, 0.4) is 0 Å². The summed E-state index contributed by atoms with van der Waals surface area (Å²) in [4.78, 5) is 11.2. The van der Waals surface area contributed by atoms with Gasteiger partial charge in [-0.25, -0.2) is 8.42 Å². The minimum Gasteiger partial charge on any atom is -0.355 e. The van der Waals surface area contributed by atoms with Crippen LogP contribution in [0.4, 0.5) is 0 Å². The Morgan fingerprint density at radius 2 is 1.93 bits per heavy atom. The number of nitrogens with one attached hydrogen (secondary N) is 1. The van der Waals surface area contributed by atoms with Crippen molar-refractivity contribution in [3.05, 3.63) is 0 Å². The molecule has 0 bridgehead atoms. The van der Waals surface area contributed by atoms with Crippen LogP contribution in [-0.2, 0) is 14.8 Å². The van der Waals surface area contributed by atoms with Crippen molar-refractivity contribution >= 4 is 15.9 Å². The van der Waals surface area contributed by atoms with Crippen LogP contribution in [-0.4, -0.2) is 44.0 Å². The SMILES string of the molecule is CCNC(=O)CN(C(C)C)S(C)(=O)=O. The number of carbonyl (C=O) groups excluding carboxylic acids is 1. The van der Waals surface area contributed by atoms with E-state index in [0.717, 1.165) is 10.6 Å². The van der Waals surface area contributed by atoms with Gasteiger partial charge in [-0.15, -0.1) is 0 Å². The molecule has 0 aliphatic rings. The number of carbonyl (C=O) groups is 1. The Hall–Kier alpha value is -0.620. The first-order valence-electron chi connectivity index (χ1n) is 4.52. The van der Waals surface area contributed by atoms with Gasteiger partial charge >= 0.3 is 0 Å². The Balaban J connectivity index is 4.48. The van der Waals surface area contributed by atoms with Crippen molar-refractivity contribution in [2.45, 2.75) is 26.8 Å². The molecule has 0 atom stereocenters. The van der Waals surface area contributed by atoms with E-state index in [1.807, 2.05) is 0 Å². The summed E-state index contributed by atoms with van der Waals surface area (Å²) in [5, 5.41) is 2.56. The minimum absolute atomic E-state index is 0.107. The normalized spacial score (nSPS) is 12.1. The number of amides is 1. The highest BCUT2D eigenvalue weighted by Gasteiger charge is 2.22. The Morgan fingerprint density at radius 3 is 2.21 bits per heavy atom. The maximum absolute atomic E-state index is 11.3. The second-order valence-corrected chi connectivity index (χ2v) is 5.29. The van der Waals surface area contributed by atoms with Gasteiger partial charge in [0, 0.05) is 12.6 Å². The lowest BCUT2D eigenvalue weighted by atomic mass is 10.4. The molecular formula is C8H18N2O3S. The highest BCUT2D eigenvalue weighted by atomic mass is 32.2. The van der Waals surface area contributed by atoms with E-state index in [1.54, 1.807) is 20.8 Å². The van der Waals surface area contributed by atoms with Gasteiger partial charge in [0.2, 0.25) is 15.9 Å². The van der Waals surface area contributed by atoms with Gasteiger partial charge in [0.05, 0.1) is 12.8 Å². The molecule has 0 radical (unpaired) electrons. The van der Waals surface area contributed by atoms with E-state index in [-0.39, 0.29) is 18.5 Å². The van der Waals surface area contributed by atoms with Gasteiger partial charge in [-0.3, -0.25) is 4.79 Å². The van der Waals surface area contributed by atoms with Gasteiger partial charge < -0.3 is 5.32 Å². The number of hydrogen-bond acceptors (Lipinski definition) is 3. The predicted molar refractivity (Wildman–Crippen MR) is 55.4 cm³/mol. The molecule has 1 amide bonds. The van der Waals surface area contributed by atoms with Crippen molar-refractivity contribution in [2.75, 3.05) is 19.3 Å². The van der Waals surface area contributed by atoms with Gasteiger partial charge in [0.15, 0.2) is 0 Å². The van der Waals surface area contributed by atoms with Crippen molar-refractivity contribution in [3.8, 4) is 0 Å². The quantitative estimate of drug-likeness (QED) is 0.700. The molecule has 0 aromatic rings. The minimum atomic E-state index is -3.31. The third-order valence-corrected chi connectivity index (χ3v) is 3.08. The number of sulfonamides is 1. The molecule has 0 saturated heterocycles. The number of hydrogen-bond donors (Lipinski definition) is 1. The van der Waals surface area contributed by atoms with E-state index < -0.39 is 10.0 Å². The van der Waals surface area contributed by atoms with Gasteiger partial charge in [-0.1, -0.05) is 0 Å². The van der Waals surface area contributed by atoms with Crippen molar-refractivity contribution in [2.24, 2.45) is 0 Å². The second-order valence-electron chi connectivity index (χ2n) is 3.36. The van der Waals surface area contributed by atoms with E-state index in [4.69, 9.17) is 0 Å². The zero-order valence-electron chi connectivity index (χ0n) is 9.07. The van der Waals surface area contributed by atoms with Crippen molar-refractivity contribution in [3.63, 3.8) is 0 Å². The lowest BCUT2D eigenvalue weighted by molar-refractivity contribution is -0.121. The molecule has 0 rings (SSSR count). The van der Waals surface area contributed by atoms with Crippen molar-refractivity contribution in [1.82, 2.24) is 9.62 Å². The van der Waals surface area contributed by atoms with Crippen LogP contribution < -0.4 is 5.32 Å². The first kappa shape index (κ1) is 13.4. The van der Waals surface area contributed by atoms with Crippen molar-refractivity contribution < 1.29 is 13.2 Å².